The molecule has 1 aromatic heterocycles. The van der Waals surface area contributed by atoms with E-state index in [1.54, 1.807) is 24.3 Å². The van der Waals surface area contributed by atoms with Crippen LogP contribution in [0, 0.1) is 11.3 Å². The fourth-order valence-electron chi connectivity index (χ4n) is 1.96. The predicted octanol–water partition coefficient (Wildman–Crippen LogP) is 2.11. The summed E-state index contributed by atoms with van der Waals surface area (Å²) in [5.41, 5.74) is 0.721. The van der Waals surface area contributed by atoms with Crippen molar-refractivity contribution in [2.45, 2.75) is 19.5 Å². The van der Waals surface area contributed by atoms with Crippen LogP contribution < -0.4 is 10.6 Å². The van der Waals surface area contributed by atoms with Crippen molar-refractivity contribution in [3.8, 4) is 6.07 Å². The average molecular weight is 313 g/mol. The van der Waals surface area contributed by atoms with Crippen molar-refractivity contribution < 1.29 is 9.59 Å². The summed E-state index contributed by atoms with van der Waals surface area (Å²) in [7, 11) is 0. The van der Waals surface area contributed by atoms with Crippen LogP contribution in [0.5, 0.6) is 0 Å². The van der Waals surface area contributed by atoms with Crippen molar-refractivity contribution in [1.29, 1.82) is 5.26 Å². The van der Waals surface area contributed by atoms with Crippen molar-refractivity contribution in [1.82, 2.24) is 10.6 Å². The minimum atomic E-state index is -0.728. The molecule has 0 radical (unpaired) electrons. The first-order chi connectivity index (χ1) is 10.6. The van der Waals surface area contributed by atoms with E-state index < -0.39 is 6.04 Å². The van der Waals surface area contributed by atoms with Crippen molar-refractivity contribution in [2.75, 3.05) is 0 Å². The summed E-state index contributed by atoms with van der Waals surface area (Å²) in [6.45, 7) is 1.70. The fraction of sp³-hybridized carbons (Fsp3) is 0.188. The number of nitrogens with zero attached hydrogens (tertiary/aromatic N) is 1. The van der Waals surface area contributed by atoms with Crippen molar-refractivity contribution in [2.24, 2.45) is 0 Å². The molecule has 0 fully saturated rings. The van der Waals surface area contributed by atoms with Gasteiger partial charge in [-0.15, -0.1) is 11.3 Å². The number of carbonyl (C=O) groups excluding carboxylic acids is 2. The van der Waals surface area contributed by atoms with Crippen LogP contribution in [0.15, 0.2) is 42.5 Å². The minimum Gasteiger partial charge on any atom is -0.349 e. The Bertz CT molecular complexity index is 704. The second-order valence-corrected chi connectivity index (χ2v) is 5.81. The molecule has 1 atom stereocenters. The van der Waals surface area contributed by atoms with E-state index in [0.29, 0.717) is 11.4 Å². The van der Waals surface area contributed by atoms with Crippen LogP contribution in [0.2, 0.25) is 0 Å². The molecule has 1 aromatic carbocycles. The fourth-order valence-corrected chi connectivity index (χ4v) is 2.70. The van der Waals surface area contributed by atoms with Gasteiger partial charge in [0.05, 0.1) is 6.54 Å². The molecule has 2 aromatic rings. The zero-order valence-corrected chi connectivity index (χ0v) is 12.8. The van der Waals surface area contributed by atoms with Gasteiger partial charge in [0.1, 0.15) is 17.0 Å². The van der Waals surface area contributed by atoms with Crippen LogP contribution in [-0.2, 0) is 16.1 Å². The van der Waals surface area contributed by atoms with E-state index in [9.17, 15) is 9.59 Å². The van der Waals surface area contributed by atoms with Gasteiger partial charge in [-0.3, -0.25) is 9.59 Å². The van der Waals surface area contributed by atoms with E-state index in [0.717, 1.165) is 10.4 Å². The van der Waals surface area contributed by atoms with E-state index in [-0.39, 0.29) is 11.8 Å². The first-order valence-corrected chi connectivity index (χ1v) is 7.50. The summed E-state index contributed by atoms with van der Waals surface area (Å²) >= 11 is 1.33. The lowest BCUT2D eigenvalue weighted by molar-refractivity contribution is -0.128. The summed E-state index contributed by atoms with van der Waals surface area (Å²) < 4.78 is 0. The monoisotopic (exact) mass is 313 g/mol. The number of nitrogens with one attached hydrogen (secondary N) is 2. The van der Waals surface area contributed by atoms with Gasteiger partial charge >= 0.3 is 0 Å². The SMILES string of the molecule is CC(=O)NC(C(=O)NCc1ccc(C#N)s1)c1ccccc1. The Hall–Kier alpha value is -2.65. The lowest BCUT2D eigenvalue weighted by Crippen LogP contribution is -2.39. The largest absolute Gasteiger partial charge is 0.349 e. The molecule has 0 aliphatic heterocycles. The molecule has 2 amide bonds. The van der Waals surface area contributed by atoms with Crippen molar-refractivity contribution in [3.05, 3.63) is 57.8 Å². The normalized spacial score (nSPS) is 11.3. The van der Waals surface area contributed by atoms with Crippen LogP contribution >= 0.6 is 11.3 Å². The van der Waals surface area contributed by atoms with Crippen LogP contribution in [-0.4, -0.2) is 11.8 Å². The number of thiophene rings is 1. The second kappa shape index (κ2) is 7.38. The first-order valence-electron chi connectivity index (χ1n) is 6.68. The molecule has 0 aliphatic carbocycles. The van der Waals surface area contributed by atoms with Gasteiger partial charge < -0.3 is 10.6 Å². The third-order valence-corrected chi connectivity index (χ3v) is 3.94. The van der Waals surface area contributed by atoms with Crippen LogP contribution in [0.1, 0.15) is 28.3 Å². The van der Waals surface area contributed by atoms with E-state index in [4.69, 9.17) is 5.26 Å². The highest BCUT2D eigenvalue weighted by molar-refractivity contribution is 7.12. The van der Waals surface area contributed by atoms with E-state index >= 15 is 0 Å². The molecule has 0 saturated heterocycles. The molecular formula is C16H15N3O2S. The number of carbonyl (C=O) groups is 2. The van der Waals surface area contributed by atoms with Gasteiger partial charge in [0, 0.05) is 11.8 Å². The van der Waals surface area contributed by atoms with Crippen LogP contribution in [0.4, 0.5) is 0 Å². The predicted molar refractivity (Wildman–Crippen MR) is 83.9 cm³/mol. The quantitative estimate of drug-likeness (QED) is 0.887. The van der Waals surface area contributed by atoms with Gasteiger partial charge in [0.15, 0.2) is 0 Å². The van der Waals surface area contributed by atoms with Gasteiger partial charge in [-0.25, -0.2) is 0 Å². The molecule has 2 rings (SSSR count). The third kappa shape index (κ3) is 4.17. The Balaban J connectivity index is 2.06. The standard InChI is InChI=1S/C16H15N3O2S/c1-11(20)19-15(12-5-3-2-4-6-12)16(21)18-10-14-8-7-13(9-17)22-14/h2-8,15H,10H2,1H3,(H,18,21)(H,19,20). The van der Waals surface area contributed by atoms with Gasteiger partial charge in [0.2, 0.25) is 11.8 Å². The minimum absolute atomic E-state index is 0.271. The number of rotatable bonds is 5. The van der Waals surface area contributed by atoms with Gasteiger partial charge in [-0.05, 0) is 17.7 Å². The number of hydrogen-bond donors (Lipinski definition) is 2. The first kappa shape index (κ1) is 15.7. The summed E-state index contributed by atoms with van der Waals surface area (Å²) in [4.78, 5) is 25.2. The smallest absolute Gasteiger partial charge is 0.247 e. The highest BCUT2D eigenvalue weighted by Gasteiger charge is 2.21. The molecule has 2 N–H and O–H groups in total. The summed E-state index contributed by atoms with van der Waals surface area (Å²) in [6, 6.07) is 13.9. The van der Waals surface area contributed by atoms with Crippen molar-refractivity contribution >= 4 is 23.2 Å². The molecule has 0 aliphatic rings. The number of hydrogen-bond acceptors (Lipinski definition) is 4. The summed E-state index contributed by atoms with van der Waals surface area (Å²) in [5, 5.41) is 14.2. The third-order valence-electron chi connectivity index (χ3n) is 2.95. The molecule has 112 valence electrons. The highest BCUT2D eigenvalue weighted by Crippen LogP contribution is 2.16. The average Bonchev–Trinajstić information content (AvgIpc) is 2.99. The Labute approximate surface area is 132 Å². The van der Waals surface area contributed by atoms with E-state index in [1.165, 1.54) is 18.3 Å². The van der Waals surface area contributed by atoms with E-state index in [2.05, 4.69) is 16.7 Å². The van der Waals surface area contributed by atoms with Gasteiger partial charge in [-0.2, -0.15) is 5.26 Å². The molecular weight excluding hydrogens is 298 g/mol. The molecule has 6 heteroatoms. The molecule has 5 nitrogen and oxygen atoms in total. The lowest BCUT2D eigenvalue weighted by atomic mass is 10.1. The zero-order valence-electron chi connectivity index (χ0n) is 12.0. The number of amides is 2. The number of benzene rings is 1. The number of nitriles is 1. The Morgan fingerprint density at radius 1 is 1.23 bits per heavy atom. The lowest BCUT2D eigenvalue weighted by Gasteiger charge is -2.17. The Morgan fingerprint density at radius 3 is 2.55 bits per heavy atom. The summed E-state index contributed by atoms with van der Waals surface area (Å²) in [5.74, 6) is -0.555. The molecule has 0 bridgehead atoms. The second-order valence-electron chi connectivity index (χ2n) is 4.64. The molecule has 0 saturated carbocycles. The highest BCUT2D eigenvalue weighted by atomic mass is 32.1. The van der Waals surface area contributed by atoms with Crippen LogP contribution in [0.3, 0.4) is 0 Å². The maximum Gasteiger partial charge on any atom is 0.247 e. The maximum absolute atomic E-state index is 12.3. The van der Waals surface area contributed by atoms with E-state index in [1.807, 2.05) is 18.2 Å². The summed E-state index contributed by atoms with van der Waals surface area (Å²) in [6.07, 6.45) is 0. The molecule has 1 unspecified atom stereocenters. The molecule has 22 heavy (non-hydrogen) atoms. The topological polar surface area (TPSA) is 82.0 Å². The van der Waals surface area contributed by atoms with Gasteiger partial charge in [-0.1, -0.05) is 30.3 Å². The van der Waals surface area contributed by atoms with Crippen molar-refractivity contribution in [3.63, 3.8) is 0 Å². The Kier molecular flexibility index (Phi) is 5.28. The Morgan fingerprint density at radius 2 is 1.95 bits per heavy atom. The molecule has 1 heterocycles. The molecule has 0 spiro atoms. The van der Waals surface area contributed by atoms with Gasteiger partial charge in [0.25, 0.3) is 0 Å². The zero-order chi connectivity index (χ0) is 15.9. The maximum atomic E-state index is 12.3. The van der Waals surface area contributed by atoms with Crippen LogP contribution in [0.25, 0.3) is 0 Å².